The van der Waals surface area contributed by atoms with E-state index in [9.17, 15) is 9.18 Å². The molecule has 0 aliphatic rings. The SMILES string of the molecule is COc1ccccc1C(=O)Nc1ccc2nc(-c3ccc(F)cc3)n(C)c2c1. The standard InChI is InChI=1S/C22H18FN3O2/c1-26-19-13-16(24-22(27)17-5-3-4-6-20(17)28-2)11-12-18(19)25-21(26)14-7-9-15(23)10-8-14/h3-13H,1-2H3,(H,24,27). The summed E-state index contributed by atoms with van der Waals surface area (Å²) in [5, 5.41) is 2.90. The number of amides is 1. The molecule has 6 heteroatoms. The molecule has 5 nitrogen and oxygen atoms in total. The highest BCUT2D eigenvalue weighted by Crippen LogP contribution is 2.27. The molecular formula is C22H18FN3O2. The lowest BCUT2D eigenvalue weighted by Gasteiger charge is -2.09. The molecule has 0 bridgehead atoms. The van der Waals surface area contributed by atoms with E-state index in [0.29, 0.717) is 17.0 Å². The molecule has 1 N–H and O–H groups in total. The molecule has 0 atom stereocenters. The van der Waals surface area contributed by atoms with Gasteiger partial charge in [-0.1, -0.05) is 12.1 Å². The van der Waals surface area contributed by atoms with E-state index in [4.69, 9.17) is 4.74 Å². The van der Waals surface area contributed by atoms with Crippen molar-refractivity contribution < 1.29 is 13.9 Å². The van der Waals surface area contributed by atoms with Crippen LogP contribution in [-0.4, -0.2) is 22.6 Å². The summed E-state index contributed by atoms with van der Waals surface area (Å²) in [6, 6.07) is 18.8. The fraction of sp³-hybridized carbons (Fsp3) is 0.0909. The van der Waals surface area contributed by atoms with E-state index < -0.39 is 0 Å². The second kappa shape index (κ2) is 7.15. The molecule has 4 rings (SSSR count). The maximum absolute atomic E-state index is 13.2. The smallest absolute Gasteiger partial charge is 0.259 e. The van der Waals surface area contributed by atoms with Crippen molar-refractivity contribution in [3.05, 3.63) is 78.1 Å². The topological polar surface area (TPSA) is 56.1 Å². The number of benzene rings is 3. The van der Waals surface area contributed by atoms with Gasteiger partial charge in [-0.15, -0.1) is 0 Å². The van der Waals surface area contributed by atoms with Crippen LogP contribution in [0.4, 0.5) is 10.1 Å². The number of ether oxygens (including phenoxy) is 1. The molecule has 4 aromatic rings. The number of carbonyl (C=O) groups excluding carboxylic acids is 1. The second-order valence-corrected chi connectivity index (χ2v) is 6.36. The average Bonchev–Trinajstić information content (AvgIpc) is 3.04. The van der Waals surface area contributed by atoms with Gasteiger partial charge < -0.3 is 14.6 Å². The van der Waals surface area contributed by atoms with Crippen LogP contribution in [-0.2, 0) is 7.05 Å². The molecular weight excluding hydrogens is 357 g/mol. The molecule has 0 radical (unpaired) electrons. The first-order valence-corrected chi connectivity index (χ1v) is 8.73. The number of aryl methyl sites for hydroxylation is 1. The van der Waals surface area contributed by atoms with Crippen molar-refractivity contribution in [1.29, 1.82) is 0 Å². The molecule has 0 aliphatic heterocycles. The van der Waals surface area contributed by atoms with E-state index >= 15 is 0 Å². The number of hydrogen-bond donors (Lipinski definition) is 1. The van der Waals surface area contributed by atoms with Gasteiger partial charge in [0.05, 0.1) is 23.7 Å². The van der Waals surface area contributed by atoms with Gasteiger partial charge in [0.2, 0.25) is 0 Å². The number of nitrogens with one attached hydrogen (secondary N) is 1. The third kappa shape index (κ3) is 3.20. The number of para-hydroxylation sites is 1. The minimum absolute atomic E-state index is 0.252. The summed E-state index contributed by atoms with van der Waals surface area (Å²) in [5.74, 6) is 0.699. The van der Waals surface area contributed by atoms with Crippen molar-refractivity contribution in [2.24, 2.45) is 7.05 Å². The Kier molecular flexibility index (Phi) is 4.53. The third-order valence-electron chi connectivity index (χ3n) is 4.59. The highest BCUT2D eigenvalue weighted by atomic mass is 19.1. The van der Waals surface area contributed by atoms with Crippen LogP contribution >= 0.6 is 0 Å². The Labute approximate surface area is 161 Å². The molecule has 0 fully saturated rings. The van der Waals surface area contributed by atoms with Crippen LogP contribution in [0.15, 0.2) is 66.7 Å². The van der Waals surface area contributed by atoms with E-state index in [0.717, 1.165) is 22.4 Å². The lowest BCUT2D eigenvalue weighted by molar-refractivity contribution is 0.102. The van der Waals surface area contributed by atoms with Gasteiger partial charge in [-0.3, -0.25) is 4.79 Å². The first kappa shape index (κ1) is 17.7. The van der Waals surface area contributed by atoms with E-state index in [1.165, 1.54) is 19.2 Å². The van der Waals surface area contributed by atoms with Crippen molar-refractivity contribution in [3.8, 4) is 17.1 Å². The number of rotatable bonds is 4. The van der Waals surface area contributed by atoms with E-state index in [2.05, 4.69) is 10.3 Å². The maximum Gasteiger partial charge on any atom is 0.259 e. The third-order valence-corrected chi connectivity index (χ3v) is 4.59. The fourth-order valence-corrected chi connectivity index (χ4v) is 3.16. The van der Waals surface area contributed by atoms with Crippen LogP contribution in [0.1, 0.15) is 10.4 Å². The molecule has 28 heavy (non-hydrogen) atoms. The molecule has 1 heterocycles. The fourth-order valence-electron chi connectivity index (χ4n) is 3.16. The van der Waals surface area contributed by atoms with Gasteiger partial charge in [0.1, 0.15) is 17.4 Å². The summed E-state index contributed by atoms with van der Waals surface area (Å²) in [5.41, 5.74) is 3.58. The van der Waals surface area contributed by atoms with Gasteiger partial charge in [0.25, 0.3) is 5.91 Å². The zero-order valence-corrected chi connectivity index (χ0v) is 15.4. The second-order valence-electron chi connectivity index (χ2n) is 6.36. The molecule has 3 aromatic carbocycles. The summed E-state index contributed by atoms with van der Waals surface area (Å²) < 4.78 is 20.4. The van der Waals surface area contributed by atoms with Gasteiger partial charge in [0.15, 0.2) is 0 Å². The number of anilines is 1. The van der Waals surface area contributed by atoms with E-state index in [1.807, 2.05) is 29.8 Å². The number of aromatic nitrogens is 2. The molecule has 0 aliphatic carbocycles. The van der Waals surface area contributed by atoms with Crippen LogP contribution in [0.25, 0.3) is 22.4 Å². The minimum atomic E-state index is -0.288. The summed E-state index contributed by atoms with van der Waals surface area (Å²) in [7, 11) is 3.42. The van der Waals surface area contributed by atoms with Gasteiger partial charge in [0, 0.05) is 18.3 Å². The van der Waals surface area contributed by atoms with Gasteiger partial charge >= 0.3 is 0 Å². The highest BCUT2D eigenvalue weighted by molar-refractivity contribution is 6.06. The molecule has 1 aromatic heterocycles. The van der Waals surface area contributed by atoms with Crippen molar-refractivity contribution in [2.75, 3.05) is 12.4 Å². The average molecular weight is 375 g/mol. The molecule has 140 valence electrons. The normalized spacial score (nSPS) is 10.8. The largest absolute Gasteiger partial charge is 0.496 e. The Bertz CT molecular complexity index is 1170. The quantitative estimate of drug-likeness (QED) is 0.565. The summed E-state index contributed by atoms with van der Waals surface area (Å²) in [4.78, 5) is 17.3. The van der Waals surface area contributed by atoms with Crippen LogP contribution < -0.4 is 10.1 Å². The number of imidazole rings is 1. The first-order valence-electron chi connectivity index (χ1n) is 8.73. The predicted molar refractivity (Wildman–Crippen MR) is 107 cm³/mol. The van der Waals surface area contributed by atoms with Gasteiger partial charge in [-0.2, -0.15) is 0 Å². The monoisotopic (exact) mass is 375 g/mol. The Morgan fingerprint density at radius 2 is 1.82 bits per heavy atom. The Morgan fingerprint density at radius 1 is 1.07 bits per heavy atom. The summed E-state index contributed by atoms with van der Waals surface area (Å²) >= 11 is 0. The number of nitrogens with zero attached hydrogens (tertiary/aromatic N) is 2. The lowest BCUT2D eigenvalue weighted by Crippen LogP contribution is -2.13. The van der Waals surface area contributed by atoms with E-state index in [-0.39, 0.29) is 11.7 Å². The molecule has 0 spiro atoms. The maximum atomic E-state index is 13.2. The Morgan fingerprint density at radius 3 is 2.57 bits per heavy atom. The van der Waals surface area contributed by atoms with Crippen LogP contribution in [0.3, 0.4) is 0 Å². The van der Waals surface area contributed by atoms with Crippen LogP contribution in [0, 0.1) is 5.82 Å². The number of fused-ring (bicyclic) bond motifs is 1. The molecule has 0 unspecified atom stereocenters. The van der Waals surface area contributed by atoms with E-state index in [1.54, 1.807) is 36.4 Å². The Hall–Kier alpha value is -3.67. The van der Waals surface area contributed by atoms with Crippen LogP contribution in [0.2, 0.25) is 0 Å². The van der Waals surface area contributed by atoms with Crippen molar-refractivity contribution in [1.82, 2.24) is 9.55 Å². The zero-order valence-electron chi connectivity index (χ0n) is 15.4. The number of methoxy groups -OCH3 is 1. The predicted octanol–water partition coefficient (Wildman–Crippen LogP) is 4.64. The van der Waals surface area contributed by atoms with Crippen molar-refractivity contribution >= 4 is 22.6 Å². The highest BCUT2D eigenvalue weighted by Gasteiger charge is 2.14. The Balaban J connectivity index is 1.67. The van der Waals surface area contributed by atoms with Gasteiger partial charge in [-0.25, -0.2) is 9.37 Å². The van der Waals surface area contributed by atoms with Crippen molar-refractivity contribution in [3.63, 3.8) is 0 Å². The minimum Gasteiger partial charge on any atom is -0.496 e. The number of halogens is 1. The number of hydrogen-bond acceptors (Lipinski definition) is 3. The zero-order chi connectivity index (χ0) is 19.7. The molecule has 1 amide bonds. The molecule has 0 saturated heterocycles. The molecule has 0 saturated carbocycles. The van der Waals surface area contributed by atoms with Crippen molar-refractivity contribution in [2.45, 2.75) is 0 Å². The lowest BCUT2D eigenvalue weighted by atomic mass is 10.2. The van der Waals surface area contributed by atoms with Crippen LogP contribution in [0.5, 0.6) is 5.75 Å². The summed E-state index contributed by atoms with van der Waals surface area (Å²) in [6.45, 7) is 0. The first-order chi connectivity index (χ1) is 13.6. The van der Waals surface area contributed by atoms with Gasteiger partial charge in [-0.05, 0) is 54.6 Å². The summed E-state index contributed by atoms with van der Waals surface area (Å²) in [6.07, 6.45) is 0. The number of carbonyl (C=O) groups is 1.